The third kappa shape index (κ3) is 6.73. The van der Waals surface area contributed by atoms with Crippen LogP contribution >= 0.6 is 11.3 Å². The van der Waals surface area contributed by atoms with Gasteiger partial charge in [-0.1, -0.05) is 36.1 Å². The van der Waals surface area contributed by atoms with E-state index in [1.54, 1.807) is 6.20 Å². The zero-order valence-electron chi connectivity index (χ0n) is 22.5. The highest BCUT2D eigenvalue weighted by molar-refractivity contribution is 7.18. The molecule has 0 radical (unpaired) electrons. The Morgan fingerprint density at radius 2 is 2.02 bits per heavy atom. The fourth-order valence-corrected chi connectivity index (χ4v) is 5.58. The minimum atomic E-state index is -0.0568. The molecule has 0 bridgehead atoms. The molecule has 1 atom stereocenters. The van der Waals surface area contributed by atoms with E-state index in [-0.39, 0.29) is 11.9 Å². The number of ether oxygens (including phenoxy) is 1. The van der Waals surface area contributed by atoms with Gasteiger partial charge in [0, 0.05) is 44.8 Å². The number of amides is 1. The summed E-state index contributed by atoms with van der Waals surface area (Å²) in [6, 6.07) is 11.6. The molecule has 4 aromatic rings. The average molecular weight is 574 g/mol. The first-order valence-corrected chi connectivity index (χ1v) is 14.4. The number of rotatable bonds is 9. The number of morpholine rings is 1. The molecule has 14 heteroatoms. The maximum absolute atomic E-state index is 12.2. The maximum Gasteiger partial charge on any atom is 0.246 e. The van der Waals surface area contributed by atoms with Crippen LogP contribution in [0.15, 0.2) is 55.3 Å². The van der Waals surface area contributed by atoms with E-state index in [0.717, 1.165) is 48.7 Å². The second-order valence-corrected chi connectivity index (χ2v) is 10.9. The number of hydrogen-bond acceptors (Lipinski definition) is 12. The first-order chi connectivity index (χ1) is 20.1. The standard InChI is InChI=1S/C27H31N11O2S/c1-2-24(39)37-10-6-7-19(18-37)29-26-30-20(17-36-11-13-40-14-12-36)15-23(31-26)32-27-28-16-22(41-27)25-33-35-38(34-25)21-8-4-3-5-9-21/h2-5,8-9,15-16,19H,1,6-7,10-14,17-18H2,(H2,28,29,30,31,32)/t19-/m0/s1. The van der Waals surface area contributed by atoms with Crippen LogP contribution in [-0.2, 0) is 16.1 Å². The number of hydrogen-bond donors (Lipinski definition) is 2. The van der Waals surface area contributed by atoms with Crippen LogP contribution in [0, 0.1) is 0 Å². The lowest BCUT2D eigenvalue weighted by Crippen LogP contribution is -2.44. The number of para-hydroxylation sites is 1. The zero-order chi connectivity index (χ0) is 28.0. The smallest absolute Gasteiger partial charge is 0.246 e. The Bertz CT molecular complexity index is 1490. The summed E-state index contributed by atoms with van der Waals surface area (Å²) in [7, 11) is 0. The van der Waals surface area contributed by atoms with Gasteiger partial charge in [-0.25, -0.2) is 9.97 Å². The molecule has 2 saturated heterocycles. The number of tetrazole rings is 1. The van der Waals surface area contributed by atoms with E-state index >= 15 is 0 Å². The summed E-state index contributed by atoms with van der Waals surface area (Å²) in [5, 5.41) is 20.3. The van der Waals surface area contributed by atoms with Crippen molar-refractivity contribution in [1.29, 1.82) is 0 Å². The molecule has 1 amide bonds. The van der Waals surface area contributed by atoms with Gasteiger partial charge < -0.3 is 20.3 Å². The van der Waals surface area contributed by atoms with Crippen LogP contribution < -0.4 is 10.6 Å². The van der Waals surface area contributed by atoms with Crippen molar-refractivity contribution < 1.29 is 9.53 Å². The second kappa shape index (κ2) is 12.5. The Hall–Kier alpha value is -4.27. The Kier molecular flexibility index (Phi) is 8.21. The molecule has 41 heavy (non-hydrogen) atoms. The summed E-state index contributed by atoms with van der Waals surface area (Å²) in [6.07, 6.45) is 4.92. The van der Waals surface area contributed by atoms with E-state index in [0.29, 0.717) is 49.0 Å². The van der Waals surface area contributed by atoms with Gasteiger partial charge in [-0.05, 0) is 36.3 Å². The number of thiazole rings is 1. The van der Waals surface area contributed by atoms with Crippen molar-refractivity contribution in [3.05, 3.63) is 60.9 Å². The molecule has 2 fully saturated rings. The largest absolute Gasteiger partial charge is 0.379 e. The number of anilines is 3. The van der Waals surface area contributed by atoms with Gasteiger partial charge in [0.05, 0.1) is 35.7 Å². The van der Waals surface area contributed by atoms with Gasteiger partial charge in [0.15, 0.2) is 5.13 Å². The summed E-state index contributed by atoms with van der Waals surface area (Å²) in [5.41, 5.74) is 1.71. The van der Waals surface area contributed by atoms with Gasteiger partial charge in [-0.15, -0.1) is 15.0 Å². The van der Waals surface area contributed by atoms with Crippen molar-refractivity contribution in [2.75, 3.05) is 50.0 Å². The summed E-state index contributed by atoms with van der Waals surface area (Å²) in [5.74, 6) is 1.58. The topological polar surface area (TPSA) is 139 Å². The highest BCUT2D eigenvalue weighted by Crippen LogP contribution is 2.29. The predicted octanol–water partition coefficient (Wildman–Crippen LogP) is 2.74. The van der Waals surface area contributed by atoms with Gasteiger partial charge in [-0.3, -0.25) is 9.69 Å². The van der Waals surface area contributed by atoms with Crippen LogP contribution in [0.2, 0.25) is 0 Å². The van der Waals surface area contributed by atoms with Crippen LogP contribution in [0.25, 0.3) is 16.4 Å². The number of nitrogens with zero attached hydrogens (tertiary/aromatic N) is 9. The molecule has 2 N–H and O–H groups in total. The van der Waals surface area contributed by atoms with E-state index < -0.39 is 0 Å². The van der Waals surface area contributed by atoms with Gasteiger partial charge in [-0.2, -0.15) is 4.98 Å². The third-order valence-corrected chi connectivity index (χ3v) is 7.78. The van der Waals surface area contributed by atoms with E-state index in [2.05, 4.69) is 42.5 Å². The SMILES string of the molecule is C=CC(=O)N1CCC[C@H](Nc2nc(CN3CCOCC3)cc(Nc3ncc(-c4nnn(-c5ccccc5)n4)s3)n2)C1. The first-order valence-electron chi connectivity index (χ1n) is 13.6. The second-order valence-electron chi connectivity index (χ2n) is 9.82. The Labute approximate surface area is 241 Å². The average Bonchev–Trinajstić information content (AvgIpc) is 3.68. The molecule has 5 heterocycles. The molecule has 13 nitrogen and oxygen atoms in total. The van der Waals surface area contributed by atoms with E-state index in [1.807, 2.05) is 41.3 Å². The lowest BCUT2D eigenvalue weighted by atomic mass is 10.1. The number of aromatic nitrogens is 7. The number of nitrogens with one attached hydrogen (secondary N) is 2. The summed E-state index contributed by atoms with van der Waals surface area (Å²) < 4.78 is 5.51. The predicted molar refractivity (Wildman–Crippen MR) is 155 cm³/mol. The van der Waals surface area contributed by atoms with Gasteiger partial charge in [0.25, 0.3) is 0 Å². The van der Waals surface area contributed by atoms with Gasteiger partial charge >= 0.3 is 0 Å². The van der Waals surface area contributed by atoms with Crippen LogP contribution in [-0.4, -0.2) is 96.3 Å². The molecule has 6 rings (SSSR count). The van der Waals surface area contributed by atoms with Crippen molar-refractivity contribution in [1.82, 2.24) is 45.0 Å². The monoisotopic (exact) mass is 573 g/mol. The number of benzene rings is 1. The van der Waals surface area contributed by atoms with Crippen molar-refractivity contribution in [3.63, 3.8) is 0 Å². The minimum Gasteiger partial charge on any atom is -0.379 e. The van der Waals surface area contributed by atoms with Crippen molar-refractivity contribution in [3.8, 4) is 16.4 Å². The summed E-state index contributed by atoms with van der Waals surface area (Å²) >= 11 is 1.42. The molecule has 212 valence electrons. The third-order valence-electron chi connectivity index (χ3n) is 6.87. The lowest BCUT2D eigenvalue weighted by molar-refractivity contribution is -0.127. The minimum absolute atomic E-state index is 0.0453. The van der Waals surface area contributed by atoms with Crippen molar-refractivity contribution >= 4 is 34.1 Å². The Morgan fingerprint density at radius 3 is 2.85 bits per heavy atom. The maximum atomic E-state index is 12.2. The molecular weight excluding hydrogens is 542 g/mol. The molecule has 3 aromatic heterocycles. The van der Waals surface area contributed by atoms with E-state index in [1.165, 1.54) is 22.2 Å². The number of carbonyl (C=O) groups excluding carboxylic acids is 1. The number of carbonyl (C=O) groups is 1. The summed E-state index contributed by atoms with van der Waals surface area (Å²) in [4.78, 5) is 32.7. The summed E-state index contributed by atoms with van der Waals surface area (Å²) in [6.45, 7) is 8.73. The van der Waals surface area contributed by atoms with Crippen LogP contribution in [0.4, 0.5) is 16.9 Å². The number of likely N-dealkylation sites (tertiary alicyclic amines) is 1. The molecule has 2 aliphatic heterocycles. The Morgan fingerprint density at radius 1 is 1.17 bits per heavy atom. The molecule has 0 aliphatic carbocycles. The van der Waals surface area contributed by atoms with Crippen LogP contribution in [0.3, 0.4) is 0 Å². The van der Waals surface area contributed by atoms with Crippen molar-refractivity contribution in [2.24, 2.45) is 0 Å². The molecule has 2 aliphatic rings. The van der Waals surface area contributed by atoms with E-state index in [9.17, 15) is 4.79 Å². The molecule has 0 unspecified atom stereocenters. The molecule has 1 aromatic carbocycles. The van der Waals surface area contributed by atoms with Crippen molar-refractivity contribution in [2.45, 2.75) is 25.4 Å². The fourth-order valence-electron chi connectivity index (χ4n) is 4.83. The molecular formula is C27H31N11O2S. The molecule has 0 spiro atoms. The quantitative estimate of drug-likeness (QED) is 0.286. The highest BCUT2D eigenvalue weighted by atomic mass is 32.1. The van der Waals surface area contributed by atoms with Gasteiger partial charge in [0.2, 0.25) is 17.7 Å². The highest BCUT2D eigenvalue weighted by Gasteiger charge is 2.23. The zero-order valence-corrected chi connectivity index (χ0v) is 23.3. The Balaban J connectivity index is 1.20. The van der Waals surface area contributed by atoms with E-state index in [4.69, 9.17) is 14.7 Å². The molecule has 0 saturated carbocycles. The fraction of sp³-hybridized carbons (Fsp3) is 0.370. The van der Waals surface area contributed by atoms with Gasteiger partial charge in [0.1, 0.15) is 5.82 Å². The lowest BCUT2D eigenvalue weighted by Gasteiger charge is -2.32. The first kappa shape index (κ1) is 26.9. The van der Waals surface area contributed by atoms with Crippen LogP contribution in [0.5, 0.6) is 0 Å². The van der Waals surface area contributed by atoms with Crippen LogP contribution in [0.1, 0.15) is 18.5 Å². The normalized spacial score (nSPS) is 17.8. The number of piperidine rings is 1.